The molecule has 2 N–H and O–H groups in total. The number of anilines is 1. The molecule has 0 bridgehead atoms. The summed E-state index contributed by atoms with van der Waals surface area (Å²) in [6.07, 6.45) is 5.62. The zero-order valence-corrected chi connectivity index (χ0v) is 13.5. The van der Waals surface area contributed by atoms with E-state index in [1.807, 2.05) is 19.2 Å². The van der Waals surface area contributed by atoms with Crippen molar-refractivity contribution in [1.82, 2.24) is 10.2 Å². The minimum Gasteiger partial charge on any atom is -0.324 e. The Balaban J connectivity index is 1.59. The summed E-state index contributed by atoms with van der Waals surface area (Å²) in [6, 6.07) is 8.23. The van der Waals surface area contributed by atoms with Gasteiger partial charge in [0.05, 0.1) is 6.04 Å². The number of piperidine rings is 1. The fourth-order valence-corrected chi connectivity index (χ4v) is 3.75. The maximum atomic E-state index is 12.6. The molecule has 22 heavy (non-hydrogen) atoms. The number of para-hydroxylation sites is 1. The van der Waals surface area contributed by atoms with Gasteiger partial charge in [0.1, 0.15) is 0 Å². The first-order valence-corrected chi connectivity index (χ1v) is 8.55. The maximum Gasteiger partial charge on any atom is 0.241 e. The van der Waals surface area contributed by atoms with Gasteiger partial charge in [-0.15, -0.1) is 0 Å². The maximum absolute atomic E-state index is 12.6. The van der Waals surface area contributed by atoms with Crippen molar-refractivity contribution in [3.63, 3.8) is 0 Å². The Hall–Kier alpha value is -1.39. The lowest BCUT2D eigenvalue weighted by atomic mass is 9.92. The van der Waals surface area contributed by atoms with E-state index in [0.717, 1.165) is 44.1 Å². The largest absolute Gasteiger partial charge is 0.324 e. The third-order valence-electron chi connectivity index (χ3n) is 5.16. The van der Waals surface area contributed by atoms with E-state index in [0.29, 0.717) is 0 Å². The molecular formula is C18H27N3O. The summed E-state index contributed by atoms with van der Waals surface area (Å²) in [5.74, 6) is 0.994. The van der Waals surface area contributed by atoms with E-state index in [9.17, 15) is 4.79 Å². The Morgan fingerprint density at radius 3 is 2.77 bits per heavy atom. The molecule has 3 rings (SSSR count). The van der Waals surface area contributed by atoms with Gasteiger partial charge < -0.3 is 10.6 Å². The fraction of sp³-hybridized carbons (Fsp3) is 0.611. The van der Waals surface area contributed by atoms with Crippen molar-refractivity contribution in [2.45, 2.75) is 38.1 Å². The highest BCUT2D eigenvalue weighted by atomic mass is 16.2. The molecule has 2 heterocycles. The molecular weight excluding hydrogens is 274 g/mol. The van der Waals surface area contributed by atoms with Crippen LogP contribution in [-0.4, -0.2) is 43.5 Å². The summed E-state index contributed by atoms with van der Waals surface area (Å²) in [6.45, 7) is 3.22. The Kier molecular flexibility index (Phi) is 5.11. The predicted octanol–water partition coefficient (Wildman–Crippen LogP) is 2.26. The normalized spacial score (nSPS) is 23.7. The molecule has 1 aromatic rings. The van der Waals surface area contributed by atoms with Crippen LogP contribution in [0.2, 0.25) is 0 Å². The number of rotatable bonds is 4. The summed E-state index contributed by atoms with van der Waals surface area (Å²) in [5, 5.41) is 6.36. The highest BCUT2D eigenvalue weighted by Gasteiger charge is 2.31. The standard InChI is InChI=1S/C18H27N3O/c1-19-11-8-14-9-12-21(13-10-14)17-7-6-15-4-2-3-5-16(15)20-18(17)22/h2-5,14,17,19H,6-13H2,1H3,(H,20,22). The van der Waals surface area contributed by atoms with Crippen LogP contribution in [0, 0.1) is 5.92 Å². The Morgan fingerprint density at radius 2 is 2.00 bits per heavy atom. The van der Waals surface area contributed by atoms with Gasteiger partial charge in [-0.05, 0) is 76.3 Å². The molecule has 4 nitrogen and oxygen atoms in total. The molecule has 1 aromatic carbocycles. The Bertz CT molecular complexity index is 509. The zero-order chi connectivity index (χ0) is 15.4. The van der Waals surface area contributed by atoms with E-state index < -0.39 is 0 Å². The molecule has 1 fully saturated rings. The van der Waals surface area contributed by atoms with Crippen molar-refractivity contribution >= 4 is 11.6 Å². The van der Waals surface area contributed by atoms with Crippen molar-refractivity contribution < 1.29 is 4.79 Å². The third-order valence-corrected chi connectivity index (χ3v) is 5.16. The van der Waals surface area contributed by atoms with E-state index in [2.05, 4.69) is 27.7 Å². The van der Waals surface area contributed by atoms with Gasteiger partial charge in [0.25, 0.3) is 0 Å². The summed E-state index contributed by atoms with van der Waals surface area (Å²) in [5.41, 5.74) is 2.26. The van der Waals surface area contributed by atoms with E-state index in [1.54, 1.807) is 0 Å². The van der Waals surface area contributed by atoms with Crippen molar-refractivity contribution in [1.29, 1.82) is 0 Å². The topological polar surface area (TPSA) is 44.4 Å². The van der Waals surface area contributed by atoms with Crippen LogP contribution in [0.1, 0.15) is 31.2 Å². The molecule has 1 unspecified atom stereocenters. The first-order chi connectivity index (χ1) is 10.8. The van der Waals surface area contributed by atoms with Crippen molar-refractivity contribution in [3.8, 4) is 0 Å². The summed E-state index contributed by atoms with van der Waals surface area (Å²) < 4.78 is 0. The number of carbonyl (C=O) groups excluding carboxylic acids is 1. The van der Waals surface area contributed by atoms with Gasteiger partial charge in [0, 0.05) is 5.69 Å². The molecule has 4 heteroatoms. The third kappa shape index (κ3) is 3.50. The number of nitrogens with one attached hydrogen (secondary N) is 2. The highest BCUT2D eigenvalue weighted by molar-refractivity contribution is 5.96. The number of likely N-dealkylation sites (tertiary alicyclic amines) is 1. The molecule has 0 aliphatic carbocycles. The van der Waals surface area contributed by atoms with Gasteiger partial charge in [0.15, 0.2) is 0 Å². The number of fused-ring (bicyclic) bond motifs is 1. The number of benzene rings is 1. The molecule has 1 amide bonds. The van der Waals surface area contributed by atoms with Gasteiger partial charge in [0.2, 0.25) is 5.91 Å². The summed E-state index contributed by atoms with van der Waals surface area (Å²) in [7, 11) is 2.02. The van der Waals surface area contributed by atoms with Gasteiger partial charge in [-0.3, -0.25) is 9.69 Å². The first-order valence-electron chi connectivity index (χ1n) is 8.55. The van der Waals surface area contributed by atoms with Crippen molar-refractivity contribution in [2.24, 2.45) is 5.92 Å². The van der Waals surface area contributed by atoms with Crippen molar-refractivity contribution in [3.05, 3.63) is 29.8 Å². The second-order valence-electron chi connectivity index (χ2n) is 6.57. The second kappa shape index (κ2) is 7.25. The lowest BCUT2D eigenvalue weighted by Gasteiger charge is -2.36. The molecule has 0 aromatic heterocycles. The van der Waals surface area contributed by atoms with E-state index in [1.165, 1.54) is 24.8 Å². The first kappa shape index (κ1) is 15.5. The monoisotopic (exact) mass is 301 g/mol. The minimum atomic E-state index is 0.0395. The molecule has 0 radical (unpaired) electrons. The SMILES string of the molecule is CNCCC1CCN(C2CCc3ccccc3NC2=O)CC1. The molecule has 0 spiro atoms. The Morgan fingerprint density at radius 1 is 1.23 bits per heavy atom. The molecule has 120 valence electrons. The van der Waals surface area contributed by atoms with Crippen LogP contribution < -0.4 is 10.6 Å². The van der Waals surface area contributed by atoms with E-state index in [-0.39, 0.29) is 11.9 Å². The Labute approximate surface area is 133 Å². The summed E-state index contributed by atoms with van der Waals surface area (Å²) >= 11 is 0. The van der Waals surface area contributed by atoms with Crippen LogP contribution in [0.25, 0.3) is 0 Å². The van der Waals surface area contributed by atoms with E-state index in [4.69, 9.17) is 0 Å². The number of amides is 1. The lowest BCUT2D eigenvalue weighted by molar-refractivity contribution is -0.122. The van der Waals surface area contributed by atoms with Gasteiger partial charge in [-0.1, -0.05) is 18.2 Å². The molecule has 2 aliphatic heterocycles. The average Bonchev–Trinajstić information content (AvgIpc) is 2.72. The fourth-order valence-electron chi connectivity index (χ4n) is 3.75. The van der Waals surface area contributed by atoms with Crippen molar-refractivity contribution in [2.75, 3.05) is 32.0 Å². The van der Waals surface area contributed by atoms with Gasteiger partial charge in [-0.25, -0.2) is 0 Å². The number of carbonyl (C=O) groups is 1. The second-order valence-corrected chi connectivity index (χ2v) is 6.57. The van der Waals surface area contributed by atoms with Crippen LogP contribution in [0.15, 0.2) is 24.3 Å². The molecule has 1 saturated heterocycles. The molecule has 2 aliphatic rings. The number of hydrogen-bond donors (Lipinski definition) is 2. The minimum absolute atomic E-state index is 0.0395. The van der Waals surface area contributed by atoms with Crippen LogP contribution in [0.5, 0.6) is 0 Å². The zero-order valence-electron chi connectivity index (χ0n) is 13.5. The van der Waals surface area contributed by atoms with E-state index >= 15 is 0 Å². The van der Waals surface area contributed by atoms with Crippen LogP contribution >= 0.6 is 0 Å². The number of nitrogens with zero attached hydrogens (tertiary/aromatic N) is 1. The highest BCUT2D eigenvalue weighted by Crippen LogP contribution is 2.27. The lowest BCUT2D eigenvalue weighted by Crippen LogP contribution is -2.47. The smallest absolute Gasteiger partial charge is 0.241 e. The summed E-state index contributed by atoms with van der Waals surface area (Å²) in [4.78, 5) is 15.0. The predicted molar refractivity (Wildman–Crippen MR) is 90.0 cm³/mol. The van der Waals surface area contributed by atoms with Crippen LogP contribution in [0.4, 0.5) is 5.69 Å². The average molecular weight is 301 g/mol. The number of hydrogen-bond acceptors (Lipinski definition) is 3. The number of aryl methyl sites for hydroxylation is 1. The van der Waals surface area contributed by atoms with Gasteiger partial charge in [-0.2, -0.15) is 0 Å². The van der Waals surface area contributed by atoms with Crippen LogP contribution in [0.3, 0.4) is 0 Å². The van der Waals surface area contributed by atoms with Crippen LogP contribution in [-0.2, 0) is 11.2 Å². The molecule has 0 saturated carbocycles. The van der Waals surface area contributed by atoms with Gasteiger partial charge >= 0.3 is 0 Å². The molecule has 1 atom stereocenters. The quantitative estimate of drug-likeness (QED) is 0.896.